The molecular weight excluding hydrogens is 454 g/mol. The van der Waals surface area contributed by atoms with Gasteiger partial charge in [0.25, 0.3) is 5.24 Å². The Hall–Kier alpha value is -2.84. The minimum absolute atomic E-state index is 0.133. The second-order valence-corrected chi connectivity index (χ2v) is 9.38. The second kappa shape index (κ2) is 13.2. The number of carbonyl (C=O) groups excluding carboxylic acids is 3. The van der Waals surface area contributed by atoms with Gasteiger partial charge in [-0.05, 0) is 43.0 Å². The number of unbranched alkanes of at least 4 members (excludes halogenated alkanes) is 2. The summed E-state index contributed by atoms with van der Waals surface area (Å²) in [6.07, 6.45) is 3.32. The zero-order valence-electron chi connectivity index (χ0n) is 19.6. The highest BCUT2D eigenvalue weighted by molar-refractivity contribution is 8.15. The summed E-state index contributed by atoms with van der Waals surface area (Å²) >= 11 is 1.02. The Bertz CT molecular complexity index is 960. The summed E-state index contributed by atoms with van der Waals surface area (Å²) in [5.41, 5.74) is 3.01. The van der Waals surface area contributed by atoms with Crippen LogP contribution >= 0.6 is 11.8 Å². The van der Waals surface area contributed by atoms with Gasteiger partial charge in [-0.25, -0.2) is 0 Å². The molecule has 0 radical (unpaired) electrons. The fourth-order valence-electron chi connectivity index (χ4n) is 3.43. The lowest BCUT2D eigenvalue weighted by molar-refractivity contribution is -0.163. The zero-order chi connectivity index (χ0) is 24.3. The molecular formula is C26H31NO6S. The van der Waals surface area contributed by atoms with Crippen LogP contribution in [0.4, 0.5) is 4.79 Å². The van der Waals surface area contributed by atoms with Gasteiger partial charge < -0.3 is 14.2 Å². The topological polar surface area (TPSA) is 90.9 Å². The molecule has 1 N–H and O–H groups in total. The number of carbonyl (C=O) groups is 3. The molecule has 7 nitrogen and oxygen atoms in total. The number of esters is 1. The predicted molar refractivity (Wildman–Crippen MR) is 131 cm³/mol. The molecule has 0 aliphatic carbocycles. The lowest BCUT2D eigenvalue weighted by Gasteiger charge is -2.19. The van der Waals surface area contributed by atoms with Crippen LogP contribution in [0.15, 0.2) is 48.5 Å². The van der Waals surface area contributed by atoms with Gasteiger partial charge in [-0.15, -0.1) is 0 Å². The number of ether oxygens (including phenoxy) is 3. The molecule has 0 aromatic heterocycles. The van der Waals surface area contributed by atoms with Gasteiger partial charge in [0, 0.05) is 6.42 Å². The highest BCUT2D eigenvalue weighted by Gasteiger charge is 2.31. The van der Waals surface area contributed by atoms with Crippen molar-refractivity contribution in [1.82, 2.24) is 5.32 Å². The van der Waals surface area contributed by atoms with Gasteiger partial charge in [0.2, 0.25) is 5.91 Å². The molecule has 0 bridgehead atoms. The molecule has 1 aliphatic rings. The Morgan fingerprint density at radius 2 is 1.79 bits per heavy atom. The Balaban J connectivity index is 1.53. The third-order valence-corrected chi connectivity index (χ3v) is 6.42. The molecule has 2 aromatic rings. The van der Waals surface area contributed by atoms with E-state index in [9.17, 15) is 14.4 Å². The van der Waals surface area contributed by atoms with Gasteiger partial charge in [0.1, 0.15) is 18.5 Å². The van der Waals surface area contributed by atoms with Crippen molar-refractivity contribution in [2.45, 2.75) is 57.3 Å². The number of amides is 2. The van der Waals surface area contributed by atoms with E-state index in [1.165, 1.54) is 0 Å². The van der Waals surface area contributed by atoms with E-state index in [2.05, 4.69) is 12.2 Å². The van der Waals surface area contributed by atoms with E-state index in [1.54, 1.807) is 0 Å². The monoisotopic (exact) mass is 485 g/mol. The summed E-state index contributed by atoms with van der Waals surface area (Å²) in [6.45, 7) is 4.21. The number of nitrogens with one attached hydrogen (secondary N) is 1. The van der Waals surface area contributed by atoms with Gasteiger partial charge >= 0.3 is 5.97 Å². The van der Waals surface area contributed by atoms with Crippen LogP contribution in [0.2, 0.25) is 0 Å². The first-order valence-electron chi connectivity index (χ1n) is 11.5. The number of rotatable bonds is 13. The van der Waals surface area contributed by atoms with Crippen molar-refractivity contribution in [3.63, 3.8) is 0 Å². The Morgan fingerprint density at radius 1 is 1.06 bits per heavy atom. The van der Waals surface area contributed by atoms with E-state index < -0.39 is 11.4 Å². The van der Waals surface area contributed by atoms with Crippen LogP contribution in [0.1, 0.15) is 55.4 Å². The normalized spacial score (nSPS) is 16.2. The molecule has 2 aromatic carbocycles. The van der Waals surface area contributed by atoms with Crippen LogP contribution in [0.25, 0.3) is 0 Å². The quantitative estimate of drug-likeness (QED) is 0.240. The van der Waals surface area contributed by atoms with Crippen molar-refractivity contribution in [1.29, 1.82) is 0 Å². The average Bonchev–Trinajstić information content (AvgIpc) is 3.14. The van der Waals surface area contributed by atoms with E-state index >= 15 is 0 Å². The van der Waals surface area contributed by atoms with E-state index in [0.29, 0.717) is 18.6 Å². The van der Waals surface area contributed by atoms with Crippen molar-refractivity contribution < 1.29 is 28.6 Å². The highest BCUT2D eigenvalue weighted by Crippen LogP contribution is 2.25. The molecule has 34 heavy (non-hydrogen) atoms. The van der Waals surface area contributed by atoms with Crippen LogP contribution in [0.5, 0.6) is 5.75 Å². The smallest absolute Gasteiger partial charge is 0.307 e. The molecule has 2 atom stereocenters. The fourth-order valence-corrected chi connectivity index (χ4v) is 4.29. The number of aryl methyl sites for hydroxylation is 1. The molecule has 2 amide bonds. The maximum Gasteiger partial charge on any atom is 0.307 e. The first kappa shape index (κ1) is 25.8. The zero-order valence-corrected chi connectivity index (χ0v) is 20.4. The van der Waals surface area contributed by atoms with Gasteiger partial charge in [0.05, 0.1) is 5.25 Å². The van der Waals surface area contributed by atoms with Gasteiger partial charge in [-0.2, -0.15) is 0 Å². The summed E-state index contributed by atoms with van der Waals surface area (Å²) < 4.78 is 17.0. The fraction of sp³-hybridized carbons (Fsp3) is 0.423. The molecule has 1 heterocycles. The highest BCUT2D eigenvalue weighted by atomic mass is 32.2. The second-order valence-electron chi connectivity index (χ2n) is 8.20. The van der Waals surface area contributed by atoms with Crippen molar-refractivity contribution in [3.8, 4) is 5.75 Å². The van der Waals surface area contributed by atoms with Gasteiger partial charge in [-0.3, -0.25) is 19.7 Å². The van der Waals surface area contributed by atoms with E-state index in [0.717, 1.165) is 47.7 Å². The van der Waals surface area contributed by atoms with Crippen molar-refractivity contribution in [2.24, 2.45) is 0 Å². The van der Waals surface area contributed by atoms with Crippen LogP contribution < -0.4 is 10.1 Å². The summed E-state index contributed by atoms with van der Waals surface area (Å²) in [5.74, 6) is 0.142. The molecule has 0 spiro atoms. The predicted octanol–water partition coefficient (Wildman–Crippen LogP) is 5.11. The SMILES string of the molecule is CCCCCC(=O)OCOC(COc1ccc(C[C@@H]2SC(=O)NC2=O)cc1)c1ccc(C)cc1. The van der Waals surface area contributed by atoms with Crippen LogP contribution in [0.3, 0.4) is 0 Å². The Morgan fingerprint density at radius 3 is 2.44 bits per heavy atom. The largest absolute Gasteiger partial charge is 0.491 e. The molecule has 1 saturated heterocycles. The molecule has 3 rings (SSSR count). The van der Waals surface area contributed by atoms with Gasteiger partial charge in [-0.1, -0.05) is 73.5 Å². The van der Waals surface area contributed by atoms with E-state index in [4.69, 9.17) is 14.2 Å². The van der Waals surface area contributed by atoms with Gasteiger partial charge in [0.15, 0.2) is 6.79 Å². The number of hydrogen-bond donors (Lipinski definition) is 1. The number of hydrogen-bond acceptors (Lipinski definition) is 7. The summed E-state index contributed by atoms with van der Waals surface area (Å²) in [6, 6.07) is 15.4. The minimum atomic E-state index is -0.409. The minimum Gasteiger partial charge on any atom is -0.491 e. The average molecular weight is 486 g/mol. The van der Waals surface area contributed by atoms with Crippen LogP contribution in [-0.4, -0.2) is 35.8 Å². The molecule has 8 heteroatoms. The van der Waals surface area contributed by atoms with Crippen molar-refractivity contribution in [3.05, 3.63) is 65.2 Å². The summed E-state index contributed by atoms with van der Waals surface area (Å²) in [5, 5.41) is 1.60. The van der Waals surface area contributed by atoms with Crippen molar-refractivity contribution in [2.75, 3.05) is 13.4 Å². The molecule has 1 fully saturated rings. The molecule has 182 valence electrons. The maximum atomic E-state index is 11.9. The van der Waals surface area contributed by atoms with Crippen LogP contribution in [0, 0.1) is 6.92 Å². The maximum absolute atomic E-state index is 11.9. The third-order valence-electron chi connectivity index (χ3n) is 5.44. The van der Waals surface area contributed by atoms with E-state index in [-0.39, 0.29) is 30.5 Å². The number of imide groups is 1. The molecule has 1 aliphatic heterocycles. The first-order valence-corrected chi connectivity index (χ1v) is 12.4. The third kappa shape index (κ3) is 8.18. The number of benzene rings is 2. The summed E-state index contributed by atoms with van der Waals surface area (Å²) in [4.78, 5) is 35.0. The Kier molecular flexibility index (Phi) is 9.97. The van der Waals surface area contributed by atoms with E-state index in [1.807, 2.05) is 55.5 Å². The first-order chi connectivity index (χ1) is 16.4. The molecule has 0 saturated carbocycles. The van der Waals surface area contributed by atoms with Crippen LogP contribution in [-0.2, 0) is 25.5 Å². The van der Waals surface area contributed by atoms with Crippen molar-refractivity contribution >= 4 is 28.9 Å². The Labute approximate surface area is 204 Å². The lowest BCUT2D eigenvalue weighted by atomic mass is 10.1. The number of thioether (sulfide) groups is 1. The standard InChI is InChI=1S/C26H31NO6S/c1-3-4-5-6-24(28)33-17-32-22(20-11-7-18(2)8-12-20)16-31-21-13-9-19(10-14-21)15-23-25(29)27-26(30)34-23/h7-14,22-23H,3-6,15-17H2,1-2H3,(H,27,29,30)/t22?,23-/m0/s1. The summed E-state index contributed by atoms with van der Waals surface area (Å²) in [7, 11) is 0. The lowest BCUT2D eigenvalue weighted by Crippen LogP contribution is -2.25. The molecule has 1 unspecified atom stereocenters.